The molecule has 0 saturated heterocycles. The van der Waals surface area contributed by atoms with E-state index in [1.165, 1.54) is 14.0 Å². The summed E-state index contributed by atoms with van der Waals surface area (Å²) in [5.41, 5.74) is 16.7. The summed E-state index contributed by atoms with van der Waals surface area (Å²) >= 11 is 0. The number of likely N-dealkylation sites (N-methyl/N-ethyl adjacent to an activating group) is 1. The lowest BCUT2D eigenvalue weighted by molar-refractivity contribution is -0.146. The molecule has 0 aromatic rings. The van der Waals surface area contributed by atoms with Crippen molar-refractivity contribution < 1.29 is 28.7 Å². The summed E-state index contributed by atoms with van der Waals surface area (Å²) < 4.78 is 5.74. The Kier molecular flexibility index (Phi) is 14.1. The Balaban J connectivity index is 5.49. The van der Waals surface area contributed by atoms with E-state index in [0.29, 0.717) is 13.0 Å². The van der Waals surface area contributed by atoms with Gasteiger partial charge in [-0.15, -0.1) is 0 Å². The number of ether oxygens (including phenoxy) is 1. The molecule has 0 heterocycles. The summed E-state index contributed by atoms with van der Waals surface area (Å²) in [4.78, 5) is 62.7. The normalized spacial score (nSPS) is 15.5. The second kappa shape index (κ2) is 15.3. The predicted octanol–water partition coefficient (Wildman–Crippen LogP) is -2.24. The van der Waals surface area contributed by atoms with Crippen LogP contribution < -0.4 is 33.2 Å². The Morgan fingerprint density at radius 1 is 0.857 bits per heavy atom. The number of hydrogen-bond acceptors (Lipinski definition) is 8. The quantitative estimate of drug-likeness (QED) is 0.135. The highest BCUT2D eigenvalue weighted by Gasteiger charge is 2.35. The molecular formula is C22H43N7O6. The predicted molar refractivity (Wildman–Crippen MR) is 130 cm³/mol. The topological polar surface area (TPSA) is 212 Å². The minimum Gasteiger partial charge on any atom is -0.376 e. The third-order valence-electron chi connectivity index (χ3n) is 4.99. The van der Waals surface area contributed by atoms with E-state index in [9.17, 15) is 24.0 Å². The Bertz CT molecular complexity index is 744. The highest BCUT2D eigenvalue weighted by molar-refractivity contribution is 5.94. The van der Waals surface area contributed by atoms with Gasteiger partial charge in [-0.2, -0.15) is 0 Å². The van der Waals surface area contributed by atoms with E-state index in [2.05, 4.69) is 16.0 Å². The molecule has 35 heavy (non-hydrogen) atoms. The van der Waals surface area contributed by atoms with Gasteiger partial charge in [0.15, 0.2) is 6.17 Å². The van der Waals surface area contributed by atoms with Gasteiger partial charge >= 0.3 is 0 Å². The van der Waals surface area contributed by atoms with Crippen molar-refractivity contribution in [2.75, 3.05) is 20.2 Å². The number of nitrogens with two attached hydrogens (primary N) is 3. The first kappa shape index (κ1) is 32.2. The lowest BCUT2D eigenvalue weighted by atomic mass is 10.0. The van der Waals surface area contributed by atoms with Crippen molar-refractivity contribution in [1.29, 1.82) is 0 Å². The Morgan fingerprint density at radius 3 is 1.89 bits per heavy atom. The van der Waals surface area contributed by atoms with E-state index in [-0.39, 0.29) is 18.4 Å². The summed E-state index contributed by atoms with van der Waals surface area (Å²) in [6.45, 7) is 10.6. The molecule has 0 spiro atoms. The molecule has 0 aliphatic rings. The van der Waals surface area contributed by atoms with Crippen LogP contribution in [0.3, 0.4) is 0 Å². The zero-order valence-electron chi connectivity index (χ0n) is 21.8. The monoisotopic (exact) mass is 501 g/mol. The van der Waals surface area contributed by atoms with Crippen molar-refractivity contribution in [3.05, 3.63) is 0 Å². The second-order valence-electron chi connectivity index (χ2n) is 9.47. The van der Waals surface area contributed by atoms with Gasteiger partial charge in [-0.3, -0.25) is 24.0 Å². The van der Waals surface area contributed by atoms with Gasteiger partial charge in [0.1, 0.15) is 12.1 Å². The van der Waals surface area contributed by atoms with Gasteiger partial charge < -0.3 is 42.8 Å². The molecule has 0 saturated carbocycles. The molecule has 0 aromatic carbocycles. The fourth-order valence-corrected chi connectivity index (χ4v) is 3.03. The fraction of sp³-hybridized carbons (Fsp3) is 0.773. The zero-order valence-corrected chi connectivity index (χ0v) is 21.8. The smallest absolute Gasteiger partial charge is 0.258 e. The van der Waals surface area contributed by atoms with Crippen LogP contribution in [0.1, 0.15) is 48.0 Å². The first-order chi connectivity index (χ1) is 16.1. The Labute approximate surface area is 207 Å². The lowest BCUT2D eigenvalue weighted by Crippen LogP contribution is -2.62. The van der Waals surface area contributed by atoms with Crippen molar-refractivity contribution in [1.82, 2.24) is 20.9 Å². The fourth-order valence-electron chi connectivity index (χ4n) is 3.03. The third-order valence-corrected chi connectivity index (χ3v) is 4.99. The van der Waals surface area contributed by atoms with Crippen LogP contribution in [-0.2, 0) is 28.7 Å². The first-order valence-electron chi connectivity index (χ1n) is 11.6. The molecule has 0 aliphatic carbocycles. The zero-order chi connectivity index (χ0) is 27.5. The summed E-state index contributed by atoms with van der Waals surface area (Å²) in [6.07, 6.45) is -1.99. The van der Waals surface area contributed by atoms with E-state index < -0.39 is 59.9 Å². The van der Waals surface area contributed by atoms with Gasteiger partial charge in [0, 0.05) is 13.7 Å². The van der Waals surface area contributed by atoms with E-state index in [0.717, 1.165) is 4.90 Å². The first-order valence-corrected chi connectivity index (χ1v) is 11.6. The molecule has 0 aliphatic heterocycles. The van der Waals surface area contributed by atoms with Gasteiger partial charge in [0.2, 0.25) is 23.6 Å². The van der Waals surface area contributed by atoms with Gasteiger partial charge in [-0.25, -0.2) is 0 Å². The van der Waals surface area contributed by atoms with Crippen LogP contribution in [0.15, 0.2) is 0 Å². The number of hydrogen-bond donors (Lipinski definition) is 6. The molecule has 0 rings (SSSR count). The van der Waals surface area contributed by atoms with Crippen LogP contribution >= 0.6 is 0 Å². The molecular weight excluding hydrogens is 458 g/mol. The van der Waals surface area contributed by atoms with Gasteiger partial charge in [-0.05, 0) is 32.1 Å². The van der Waals surface area contributed by atoms with Crippen LogP contribution in [0, 0.1) is 11.8 Å². The number of primary amides is 1. The molecule has 13 nitrogen and oxygen atoms in total. The number of rotatable bonds is 15. The Morgan fingerprint density at radius 2 is 1.43 bits per heavy atom. The highest BCUT2D eigenvalue weighted by Crippen LogP contribution is 2.10. The molecule has 202 valence electrons. The van der Waals surface area contributed by atoms with Crippen molar-refractivity contribution in [2.45, 2.75) is 78.4 Å². The molecule has 13 heteroatoms. The number of carbonyl (C=O) groups is 5. The molecule has 1 unspecified atom stereocenters. The van der Waals surface area contributed by atoms with Crippen LogP contribution in [0.25, 0.3) is 0 Å². The third kappa shape index (κ3) is 12.0. The van der Waals surface area contributed by atoms with E-state index >= 15 is 0 Å². The van der Waals surface area contributed by atoms with Crippen molar-refractivity contribution in [3.8, 4) is 0 Å². The van der Waals surface area contributed by atoms with Crippen LogP contribution in [0.2, 0.25) is 0 Å². The molecule has 5 amide bonds. The Hall–Kier alpha value is -2.77. The van der Waals surface area contributed by atoms with Crippen LogP contribution in [0.4, 0.5) is 0 Å². The average Bonchev–Trinajstić information content (AvgIpc) is 2.74. The molecule has 0 fully saturated rings. The number of amides is 5. The standard InChI is InChI=1S/C22H43N7O6/c1-11(2)8-15(19(25)31)27-22(34)18(24)28-21(33)17(14(6)35-10-12(3)4)29(7)16(30)9-26-20(32)13(5)23/h11-15,17-18H,8-10,23-24H2,1-7H3,(H2,25,31)(H,26,32)(H,27,34)(H,28,33)/t13-,14?,15-,17-,18+/m0/s1. The maximum absolute atomic E-state index is 13.1. The van der Waals surface area contributed by atoms with E-state index in [4.69, 9.17) is 21.9 Å². The van der Waals surface area contributed by atoms with Gasteiger partial charge in [-0.1, -0.05) is 27.7 Å². The van der Waals surface area contributed by atoms with Crippen molar-refractivity contribution in [2.24, 2.45) is 29.0 Å². The number of nitrogens with one attached hydrogen (secondary N) is 3. The molecule has 9 N–H and O–H groups in total. The number of nitrogens with zero attached hydrogens (tertiary/aromatic N) is 1. The van der Waals surface area contributed by atoms with Crippen molar-refractivity contribution in [3.63, 3.8) is 0 Å². The summed E-state index contributed by atoms with van der Waals surface area (Å²) in [5.74, 6) is -3.16. The maximum Gasteiger partial charge on any atom is 0.258 e. The molecule has 5 atom stereocenters. The second-order valence-corrected chi connectivity index (χ2v) is 9.47. The molecule has 0 radical (unpaired) electrons. The number of carbonyl (C=O) groups excluding carboxylic acids is 5. The van der Waals surface area contributed by atoms with Gasteiger partial charge in [0.25, 0.3) is 5.91 Å². The lowest BCUT2D eigenvalue weighted by Gasteiger charge is -2.33. The van der Waals surface area contributed by atoms with Crippen molar-refractivity contribution >= 4 is 29.5 Å². The molecule has 0 aromatic heterocycles. The van der Waals surface area contributed by atoms with Crippen LogP contribution in [-0.4, -0.2) is 85.0 Å². The average molecular weight is 502 g/mol. The summed E-state index contributed by atoms with van der Waals surface area (Å²) in [7, 11) is 1.37. The van der Waals surface area contributed by atoms with E-state index in [1.54, 1.807) is 6.92 Å². The summed E-state index contributed by atoms with van der Waals surface area (Å²) in [6, 6.07) is -2.93. The highest BCUT2D eigenvalue weighted by atomic mass is 16.5. The summed E-state index contributed by atoms with van der Waals surface area (Å²) in [5, 5.41) is 7.18. The van der Waals surface area contributed by atoms with E-state index in [1.807, 2.05) is 27.7 Å². The minimum atomic E-state index is -1.52. The SMILES string of the molecule is CC(C)COC(C)[C@@H](C(=O)N[C@@H](N)C(=O)N[C@@H](CC(C)C)C(N)=O)N(C)C(=O)CNC(=O)[C@H](C)N. The largest absolute Gasteiger partial charge is 0.376 e. The van der Waals surface area contributed by atoms with Crippen LogP contribution in [0.5, 0.6) is 0 Å². The minimum absolute atomic E-state index is 0.0735. The maximum atomic E-state index is 13.1. The molecule has 0 bridgehead atoms. The van der Waals surface area contributed by atoms with Gasteiger partial charge in [0.05, 0.1) is 18.7 Å².